The first-order valence-electron chi connectivity index (χ1n) is 6.53. The Bertz CT molecular complexity index is 749. The molecule has 104 valence electrons. The van der Waals surface area contributed by atoms with Crippen LogP contribution in [0.1, 0.15) is 10.4 Å². The summed E-state index contributed by atoms with van der Waals surface area (Å²) in [6, 6.07) is 18.4. The molecule has 0 saturated carbocycles. The molecule has 3 rings (SSSR count). The van der Waals surface area contributed by atoms with Gasteiger partial charge in [0.25, 0.3) is 5.91 Å². The zero-order valence-corrected chi connectivity index (χ0v) is 11.9. The summed E-state index contributed by atoms with van der Waals surface area (Å²) in [7, 11) is 0. The highest BCUT2D eigenvalue weighted by atomic mass is 35.5. The first-order chi connectivity index (χ1) is 10.2. The van der Waals surface area contributed by atoms with Crippen LogP contribution in [0.3, 0.4) is 0 Å². The normalized spacial score (nSPS) is 10.3. The smallest absolute Gasteiger partial charge is 0.255 e. The monoisotopic (exact) mass is 296 g/mol. The van der Waals surface area contributed by atoms with Crippen LogP contribution in [-0.2, 0) is 0 Å². The molecule has 1 amide bonds. The highest BCUT2D eigenvalue weighted by Gasteiger charge is 2.06. The van der Waals surface area contributed by atoms with Crippen LogP contribution in [0.4, 0.5) is 5.69 Å². The first-order valence-corrected chi connectivity index (χ1v) is 6.90. The van der Waals surface area contributed by atoms with Gasteiger partial charge in [0.05, 0.1) is 0 Å². The van der Waals surface area contributed by atoms with E-state index in [-0.39, 0.29) is 5.91 Å². The summed E-state index contributed by atoms with van der Waals surface area (Å²) < 4.78 is 1.98. The molecule has 0 saturated heterocycles. The fourth-order valence-electron chi connectivity index (χ4n) is 2.06. The van der Waals surface area contributed by atoms with Gasteiger partial charge >= 0.3 is 0 Å². The number of aromatic nitrogens is 1. The van der Waals surface area contributed by atoms with Crippen molar-refractivity contribution in [2.45, 2.75) is 0 Å². The van der Waals surface area contributed by atoms with Crippen molar-refractivity contribution in [3.8, 4) is 5.69 Å². The summed E-state index contributed by atoms with van der Waals surface area (Å²) >= 11 is 5.90. The van der Waals surface area contributed by atoms with E-state index in [1.165, 1.54) is 0 Å². The van der Waals surface area contributed by atoms with Crippen LogP contribution in [-0.4, -0.2) is 10.5 Å². The third kappa shape index (κ3) is 3.15. The molecule has 0 unspecified atom stereocenters. The Balaban J connectivity index is 1.76. The second-order valence-electron chi connectivity index (χ2n) is 4.60. The van der Waals surface area contributed by atoms with E-state index in [0.717, 1.165) is 5.69 Å². The van der Waals surface area contributed by atoms with E-state index in [1.807, 2.05) is 41.2 Å². The fourth-order valence-corrected chi connectivity index (χ4v) is 2.25. The Morgan fingerprint density at radius 3 is 2.33 bits per heavy atom. The fraction of sp³-hybridized carbons (Fsp3) is 0. The van der Waals surface area contributed by atoms with Crippen molar-refractivity contribution in [1.29, 1.82) is 0 Å². The molecule has 0 spiro atoms. The summed E-state index contributed by atoms with van der Waals surface area (Å²) in [5.41, 5.74) is 2.30. The van der Waals surface area contributed by atoms with Crippen molar-refractivity contribution in [3.05, 3.63) is 83.6 Å². The van der Waals surface area contributed by atoms with E-state index in [0.29, 0.717) is 16.3 Å². The predicted octanol–water partition coefficient (Wildman–Crippen LogP) is 4.38. The lowest BCUT2D eigenvalue weighted by Gasteiger charge is -2.07. The largest absolute Gasteiger partial charge is 0.324 e. The molecule has 3 nitrogen and oxygen atoms in total. The number of rotatable bonds is 3. The third-order valence-electron chi connectivity index (χ3n) is 3.11. The standard InChI is InChI=1S/C17H13ClN2O/c18-14-4-3-5-15(12-14)19-17(21)13-6-8-16(9-7-13)20-10-1-2-11-20/h1-12H,(H,19,21). The number of hydrogen-bond acceptors (Lipinski definition) is 1. The van der Waals surface area contributed by atoms with Gasteiger partial charge in [-0.3, -0.25) is 4.79 Å². The van der Waals surface area contributed by atoms with Crippen LogP contribution >= 0.6 is 11.6 Å². The molecule has 0 atom stereocenters. The van der Waals surface area contributed by atoms with Crippen molar-refractivity contribution in [2.75, 3.05) is 5.32 Å². The predicted molar refractivity (Wildman–Crippen MR) is 85.2 cm³/mol. The molecule has 0 aliphatic heterocycles. The van der Waals surface area contributed by atoms with Gasteiger partial charge in [0.15, 0.2) is 0 Å². The summed E-state index contributed by atoms with van der Waals surface area (Å²) in [6.07, 6.45) is 3.92. The Kier molecular flexibility index (Phi) is 3.75. The molecule has 0 radical (unpaired) electrons. The van der Waals surface area contributed by atoms with E-state index in [9.17, 15) is 4.79 Å². The number of nitrogens with one attached hydrogen (secondary N) is 1. The lowest BCUT2D eigenvalue weighted by Crippen LogP contribution is -2.11. The number of nitrogens with zero attached hydrogens (tertiary/aromatic N) is 1. The number of carbonyl (C=O) groups is 1. The van der Waals surface area contributed by atoms with E-state index < -0.39 is 0 Å². The molecule has 1 aromatic heterocycles. The number of halogens is 1. The van der Waals surface area contributed by atoms with Crippen LogP contribution in [0, 0.1) is 0 Å². The number of hydrogen-bond donors (Lipinski definition) is 1. The third-order valence-corrected chi connectivity index (χ3v) is 3.35. The van der Waals surface area contributed by atoms with Gasteiger partial charge in [-0.1, -0.05) is 17.7 Å². The summed E-state index contributed by atoms with van der Waals surface area (Å²) in [5, 5.41) is 3.42. The summed E-state index contributed by atoms with van der Waals surface area (Å²) in [5.74, 6) is -0.156. The maximum absolute atomic E-state index is 12.2. The minimum Gasteiger partial charge on any atom is -0.324 e. The molecule has 0 aliphatic rings. The van der Waals surface area contributed by atoms with Gasteiger partial charge in [-0.2, -0.15) is 0 Å². The number of carbonyl (C=O) groups excluding carboxylic acids is 1. The van der Waals surface area contributed by atoms with Gasteiger partial charge in [-0.15, -0.1) is 0 Å². The molecule has 1 N–H and O–H groups in total. The highest BCUT2D eigenvalue weighted by Crippen LogP contribution is 2.16. The van der Waals surface area contributed by atoms with Gasteiger partial charge in [0, 0.05) is 34.4 Å². The van der Waals surface area contributed by atoms with Crippen LogP contribution in [0.5, 0.6) is 0 Å². The first kappa shape index (κ1) is 13.5. The maximum atomic E-state index is 12.2. The second-order valence-corrected chi connectivity index (χ2v) is 5.04. The molecule has 21 heavy (non-hydrogen) atoms. The minimum absolute atomic E-state index is 0.156. The zero-order chi connectivity index (χ0) is 14.7. The van der Waals surface area contributed by atoms with Gasteiger partial charge in [0.1, 0.15) is 0 Å². The van der Waals surface area contributed by atoms with Crippen LogP contribution in [0.25, 0.3) is 5.69 Å². The average Bonchev–Trinajstić information content (AvgIpc) is 3.01. The van der Waals surface area contributed by atoms with Crippen molar-refractivity contribution in [3.63, 3.8) is 0 Å². The van der Waals surface area contributed by atoms with Gasteiger partial charge in [-0.25, -0.2) is 0 Å². The van der Waals surface area contributed by atoms with E-state index in [2.05, 4.69) is 5.32 Å². The molecule has 2 aromatic carbocycles. The molecule has 1 heterocycles. The lowest BCUT2D eigenvalue weighted by atomic mass is 10.2. The van der Waals surface area contributed by atoms with Gasteiger partial charge < -0.3 is 9.88 Å². The minimum atomic E-state index is -0.156. The van der Waals surface area contributed by atoms with E-state index >= 15 is 0 Å². The van der Waals surface area contributed by atoms with Crippen LogP contribution in [0.15, 0.2) is 73.1 Å². The Morgan fingerprint density at radius 2 is 1.67 bits per heavy atom. The van der Waals surface area contributed by atoms with E-state index in [1.54, 1.807) is 36.4 Å². The molecule has 4 heteroatoms. The Labute approximate surface area is 127 Å². The molecule has 0 bridgehead atoms. The summed E-state index contributed by atoms with van der Waals surface area (Å²) in [6.45, 7) is 0. The molecule has 0 fully saturated rings. The quantitative estimate of drug-likeness (QED) is 0.764. The molecular formula is C17H13ClN2O. The number of anilines is 1. The number of benzene rings is 2. The SMILES string of the molecule is O=C(Nc1cccc(Cl)c1)c1ccc(-n2cccc2)cc1. The van der Waals surface area contributed by atoms with Crippen LogP contribution < -0.4 is 5.32 Å². The zero-order valence-electron chi connectivity index (χ0n) is 11.2. The molecular weight excluding hydrogens is 284 g/mol. The topological polar surface area (TPSA) is 34.0 Å². The average molecular weight is 297 g/mol. The summed E-state index contributed by atoms with van der Waals surface area (Å²) in [4.78, 5) is 12.2. The Hall–Kier alpha value is -2.52. The van der Waals surface area contributed by atoms with E-state index in [4.69, 9.17) is 11.6 Å². The highest BCUT2D eigenvalue weighted by molar-refractivity contribution is 6.30. The maximum Gasteiger partial charge on any atom is 0.255 e. The van der Waals surface area contributed by atoms with Crippen molar-refractivity contribution in [1.82, 2.24) is 4.57 Å². The lowest BCUT2D eigenvalue weighted by molar-refractivity contribution is 0.102. The van der Waals surface area contributed by atoms with Crippen molar-refractivity contribution >= 4 is 23.2 Å². The molecule has 3 aromatic rings. The van der Waals surface area contributed by atoms with Crippen molar-refractivity contribution < 1.29 is 4.79 Å². The van der Waals surface area contributed by atoms with Crippen LogP contribution in [0.2, 0.25) is 5.02 Å². The second kappa shape index (κ2) is 5.85. The Morgan fingerprint density at radius 1 is 0.952 bits per heavy atom. The van der Waals surface area contributed by atoms with Gasteiger partial charge in [-0.05, 0) is 54.6 Å². The molecule has 0 aliphatic carbocycles. The number of amides is 1. The van der Waals surface area contributed by atoms with Crippen molar-refractivity contribution in [2.24, 2.45) is 0 Å². The van der Waals surface area contributed by atoms with Gasteiger partial charge in [0.2, 0.25) is 0 Å².